The summed E-state index contributed by atoms with van der Waals surface area (Å²) in [6.45, 7) is 1.78. The number of amides is 1. The van der Waals surface area contributed by atoms with Crippen molar-refractivity contribution in [2.45, 2.75) is 6.92 Å². The minimum atomic E-state index is -0.678. The van der Waals surface area contributed by atoms with Crippen LogP contribution in [0.15, 0.2) is 48.8 Å². The number of nitrogens with one attached hydrogen (secondary N) is 3. The normalized spacial score (nSPS) is 10.3. The molecular weight excluding hydrogens is 419 g/mol. The number of aromatic nitrogens is 2. The molecule has 9 nitrogen and oxygen atoms in total. The first kappa shape index (κ1) is 20.3. The molecule has 0 radical (unpaired) electrons. The lowest BCUT2D eigenvalue weighted by Crippen LogP contribution is -2.30. The van der Waals surface area contributed by atoms with Gasteiger partial charge in [0.15, 0.2) is 0 Å². The molecule has 0 aliphatic carbocycles. The van der Waals surface area contributed by atoms with Gasteiger partial charge in [0.05, 0.1) is 15.6 Å². The molecule has 0 fully saturated rings. The Morgan fingerprint density at radius 3 is 2.55 bits per heavy atom. The quantitative estimate of drug-likeness (QED) is 0.386. The van der Waals surface area contributed by atoms with Gasteiger partial charge in [0.1, 0.15) is 6.33 Å². The van der Waals surface area contributed by atoms with Gasteiger partial charge in [0.2, 0.25) is 11.6 Å². The maximum absolute atomic E-state index is 12.3. The molecule has 11 heteroatoms. The number of carbonyl (C=O) groups is 1. The molecule has 0 spiro atoms. The van der Waals surface area contributed by atoms with Crippen LogP contribution in [0.5, 0.6) is 0 Å². The minimum Gasteiger partial charge on any atom is -0.333 e. The summed E-state index contributed by atoms with van der Waals surface area (Å²) in [5, 5.41) is 15.1. The number of aryl methyl sites for hydroxylation is 1. The zero-order valence-corrected chi connectivity index (χ0v) is 16.5. The highest BCUT2D eigenvalue weighted by Gasteiger charge is 2.24. The molecule has 3 aromatic rings. The molecular formula is C18H14Cl2N6O3. The van der Waals surface area contributed by atoms with E-state index < -0.39 is 16.5 Å². The molecule has 3 N–H and O–H groups in total. The molecule has 1 heterocycles. The average Bonchev–Trinajstić information content (AvgIpc) is 2.69. The molecule has 0 aliphatic heterocycles. The number of anilines is 3. The van der Waals surface area contributed by atoms with Crippen molar-refractivity contribution in [1.82, 2.24) is 15.4 Å². The van der Waals surface area contributed by atoms with Crippen LogP contribution in [0.3, 0.4) is 0 Å². The van der Waals surface area contributed by atoms with Crippen LogP contribution >= 0.6 is 23.2 Å². The summed E-state index contributed by atoms with van der Waals surface area (Å²) in [5.41, 5.74) is 5.91. The second kappa shape index (κ2) is 8.72. The predicted octanol–water partition coefficient (Wildman–Crippen LogP) is 4.50. The number of nitrogens with zero attached hydrogens (tertiary/aromatic N) is 3. The number of hydrogen-bond acceptors (Lipinski definition) is 7. The minimum absolute atomic E-state index is 0.123. The Labute approximate surface area is 175 Å². The molecule has 148 valence electrons. The molecule has 29 heavy (non-hydrogen) atoms. The third-order valence-corrected chi connectivity index (χ3v) is 4.44. The van der Waals surface area contributed by atoms with Crippen LogP contribution in [0.25, 0.3) is 0 Å². The zero-order valence-electron chi connectivity index (χ0n) is 14.9. The number of rotatable bonds is 6. The molecule has 0 saturated heterocycles. The van der Waals surface area contributed by atoms with Crippen molar-refractivity contribution >= 4 is 52.1 Å². The summed E-state index contributed by atoms with van der Waals surface area (Å²) in [6.07, 6.45) is 1.11. The third kappa shape index (κ3) is 4.71. The van der Waals surface area contributed by atoms with Gasteiger partial charge in [-0.05, 0) is 36.8 Å². The monoisotopic (exact) mass is 432 g/mol. The summed E-state index contributed by atoms with van der Waals surface area (Å²) >= 11 is 12.0. The van der Waals surface area contributed by atoms with Crippen LogP contribution < -0.4 is 16.2 Å². The van der Waals surface area contributed by atoms with Gasteiger partial charge in [-0.3, -0.25) is 25.8 Å². The topological polar surface area (TPSA) is 122 Å². The van der Waals surface area contributed by atoms with E-state index in [4.69, 9.17) is 23.2 Å². The maximum atomic E-state index is 12.3. The van der Waals surface area contributed by atoms with Crippen LogP contribution in [0.4, 0.5) is 23.0 Å². The summed E-state index contributed by atoms with van der Waals surface area (Å²) in [5.74, 6) is -0.794. The largest absolute Gasteiger partial charge is 0.355 e. The highest BCUT2D eigenvalue weighted by atomic mass is 35.5. The second-order valence-electron chi connectivity index (χ2n) is 5.82. The van der Waals surface area contributed by atoms with E-state index in [0.717, 1.165) is 11.9 Å². The van der Waals surface area contributed by atoms with Gasteiger partial charge in [0.25, 0.3) is 5.91 Å². The number of halogens is 2. The van der Waals surface area contributed by atoms with Gasteiger partial charge in [-0.25, -0.2) is 9.97 Å². The first-order valence-corrected chi connectivity index (χ1v) is 8.96. The summed E-state index contributed by atoms with van der Waals surface area (Å²) in [7, 11) is 0. The highest BCUT2D eigenvalue weighted by Crippen LogP contribution is 2.34. The molecule has 0 bridgehead atoms. The van der Waals surface area contributed by atoms with Gasteiger partial charge in [-0.1, -0.05) is 41.4 Å². The van der Waals surface area contributed by atoms with Crippen LogP contribution in [0, 0.1) is 17.0 Å². The SMILES string of the molecule is Cc1ccccc1C(=O)NNc1ncnc(Nc2cc(Cl)ccc2Cl)c1[N+](=O)[O-]. The Morgan fingerprint density at radius 2 is 1.83 bits per heavy atom. The molecule has 3 rings (SSSR count). The first-order valence-electron chi connectivity index (χ1n) is 8.20. The Kier molecular flexibility index (Phi) is 6.10. The highest BCUT2D eigenvalue weighted by molar-refractivity contribution is 6.35. The lowest BCUT2D eigenvalue weighted by atomic mass is 10.1. The Hall–Kier alpha value is -3.43. The number of nitro groups is 1. The average molecular weight is 433 g/mol. The van der Waals surface area contributed by atoms with Gasteiger partial charge in [-0.2, -0.15) is 0 Å². The van der Waals surface area contributed by atoms with Crippen molar-refractivity contribution < 1.29 is 9.72 Å². The van der Waals surface area contributed by atoms with Crippen molar-refractivity contribution in [2.24, 2.45) is 0 Å². The van der Waals surface area contributed by atoms with Crippen molar-refractivity contribution in [2.75, 3.05) is 10.7 Å². The Bertz CT molecular complexity index is 1090. The van der Waals surface area contributed by atoms with Crippen molar-refractivity contribution in [1.29, 1.82) is 0 Å². The lowest BCUT2D eigenvalue weighted by Gasteiger charge is -2.12. The number of benzene rings is 2. The smallest absolute Gasteiger partial charge is 0.333 e. The van der Waals surface area contributed by atoms with E-state index in [9.17, 15) is 14.9 Å². The third-order valence-electron chi connectivity index (χ3n) is 3.87. The van der Waals surface area contributed by atoms with Gasteiger partial charge < -0.3 is 5.32 Å². The fraction of sp³-hybridized carbons (Fsp3) is 0.0556. The molecule has 0 unspecified atom stereocenters. The summed E-state index contributed by atoms with van der Waals surface area (Å²) < 4.78 is 0. The molecule has 0 saturated carbocycles. The summed E-state index contributed by atoms with van der Waals surface area (Å²) in [4.78, 5) is 31.1. The molecule has 0 aliphatic rings. The standard InChI is InChI=1S/C18H14Cl2N6O3/c1-10-4-2-3-5-12(10)18(27)25-24-17-15(26(28)29)16(21-9-22-17)23-14-8-11(19)6-7-13(14)20/h2-9H,1H3,(H,25,27)(H2,21,22,23,24). The fourth-order valence-electron chi connectivity index (χ4n) is 2.47. The van der Waals surface area contributed by atoms with Gasteiger partial charge in [-0.15, -0.1) is 0 Å². The number of carbonyl (C=O) groups excluding carboxylic acids is 1. The van der Waals surface area contributed by atoms with E-state index in [1.54, 1.807) is 43.3 Å². The van der Waals surface area contributed by atoms with E-state index in [1.807, 2.05) is 0 Å². The van der Waals surface area contributed by atoms with E-state index in [1.165, 1.54) is 6.07 Å². The molecule has 0 atom stereocenters. The number of hydrazine groups is 1. The summed E-state index contributed by atoms with van der Waals surface area (Å²) in [6, 6.07) is 11.5. The van der Waals surface area contributed by atoms with E-state index >= 15 is 0 Å². The number of hydrogen-bond donors (Lipinski definition) is 3. The first-order chi connectivity index (χ1) is 13.9. The van der Waals surface area contributed by atoms with Crippen molar-refractivity contribution in [3.8, 4) is 0 Å². The van der Waals surface area contributed by atoms with Gasteiger partial charge in [0, 0.05) is 10.6 Å². The van der Waals surface area contributed by atoms with Crippen LogP contribution in [0.2, 0.25) is 10.0 Å². The fourth-order valence-corrected chi connectivity index (χ4v) is 2.80. The zero-order chi connectivity index (χ0) is 21.0. The Morgan fingerprint density at radius 1 is 1.10 bits per heavy atom. The molecule has 1 aromatic heterocycles. The van der Waals surface area contributed by atoms with Crippen molar-refractivity contribution in [3.63, 3.8) is 0 Å². The van der Waals surface area contributed by atoms with E-state index in [2.05, 4.69) is 26.1 Å². The van der Waals surface area contributed by atoms with Gasteiger partial charge >= 0.3 is 5.69 Å². The van der Waals surface area contributed by atoms with Crippen LogP contribution in [-0.4, -0.2) is 20.8 Å². The molecule has 1 amide bonds. The second-order valence-corrected chi connectivity index (χ2v) is 6.66. The van der Waals surface area contributed by atoms with Crippen LogP contribution in [-0.2, 0) is 0 Å². The van der Waals surface area contributed by atoms with E-state index in [-0.39, 0.29) is 11.6 Å². The molecule has 2 aromatic carbocycles. The van der Waals surface area contributed by atoms with E-state index in [0.29, 0.717) is 21.3 Å². The van der Waals surface area contributed by atoms with Crippen molar-refractivity contribution in [3.05, 3.63) is 80.1 Å². The Balaban J connectivity index is 1.87. The lowest BCUT2D eigenvalue weighted by molar-refractivity contribution is -0.383. The van der Waals surface area contributed by atoms with Crippen LogP contribution in [0.1, 0.15) is 15.9 Å². The maximum Gasteiger partial charge on any atom is 0.355 e. The predicted molar refractivity (Wildman–Crippen MR) is 111 cm³/mol.